The zero-order valence-electron chi connectivity index (χ0n) is 9.49. The number of nitrogens with two attached hydrogens (primary N) is 1. The van der Waals surface area contributed by atoms with Crippen LogP contribution in [0.3, 0.4) is 0 Å². The first kappa shape index (κ1) is 13.8. The lowest BCUT2D eigenvalue weighted by Gasteiger charge is -2.17. The monoisotopic (exact) mass is 205 g/mol. The predicted molar refractivity (Wildman–Crippen MR) is 55.9 cm³/mol. The van der Waals surface area contributed by atoms with Crippen molar-refractivity contribution in [3.8, 4) is 0 Å². The van der Waals surface area contributed by atoms with Crippen molar-refractivity contribution in [3.63, 3.8) is 0 Å². The first-order valence-electron chi connectivity index (χ1n) is 5.31. The molecule has 86 valence electrons. The maximum atomic E-state index is 5.61. The highest BCUT2D eigenvalue weighted by Gasteiger charge is 2.07. The molecule has 0 rings (SSSR count). The summed E-state index contributed by atoms with van der Waals surface area (Å²) in [5, 5.41) is 0. The van der Waals surface area contributed by atoms with Gasteiger partial charge in [-0.05, 0) is 33.6 Å². The highest BCUT2D eigenvalue weighted by atomic mass is 16.8. The van der Waals surface area contributed by atoms with E-state index in [0.29, 0.717) is 19.8 Å². The summed E-state index contributed by atoms with van der Waals surface area (Å²) in [6, 6.07) is 0.233. The van der Waals surface area contributed by atoms with Crippen LogP contribution in [0.15, 0.2) is 0 Å². The maximum absolute atomic E-state index is 5.61. The van der Waals surface area contributed by atoms with Crippen LogP contribution in [-0.4, -0.2) is 32.3 Å². The van der Waals surface area contributed by atoms with Gasteiger partial charge in [-0.2, -0.15) is 0 Å². The van der Waals surface area contributed by atoms with Gasteiger partial charge in [0.1, 0.15) is 0 Å². The van der Waals surface area contributed by atoms with E-state index in [1.807, 2.05) is 20.8 Å². The zero-order valence-corrected chi connectivity index (χ0v) is 9.49. The van der Waals surface area contributed by atoms with Gasteiger partial charge in [0.2, 0.25) is 0 Å². The van der Waals surface area contributed by atoms with Gasteiger partial charge >= 0.3 is 0 Å². The molecule has 0 aliphatic carbocycles. The quantitative estimate of drug-likeness (QED) is 0.457. The Kier molecular flexibility index (Phi) is 9.29. The average Bonchev–Trinajstić information content (AvgIpc) is 2.12. The van der Waals surface area contributed by atoms with Crippen LogP contribution >= 0.6 is 0 Å². The van der Waals surface area contributed by atoms with Crippen LogP contribution in [-0.2, 0) is 14.2 Å². The number of hydrogen-bond acceptors (Lipinski definition) is 4. The number of rotatable bonds is 9. The predicted octanol–water partition coefficient (Wildman–Crippen LogP) is 1.49. The molecular formula is C10H23NO3. The minimum atomic E-state index is -0.516. The zero-order chi connectivity index (χ0) is 10.8. The second-order valence-electron chi connectivity index (χ2n) is 3.19. The van der Waals surface area contributed by atoms with Gasteiger partial charge in [-0.15, -0.1) is 0 Å². The number of hydrogen-bond donors (Lipinski definition) is 1. The van der Waals surface area contributed by atoms with Crippen LogP contribution in [0, 0.1) is 0 Å². The summed E-state index contributed by atoms with van der Waals surface area (Å²) >= 11 is 0. The van der Waals surface area contributed by atoms with Crippen molar-refractivity contribution < 1.29 is 14.2 Å². The molecule has 1 atom stereocenters. The van der Waals surface area contributed by atoms with E-state index in [0.717, 1.165) is 12.8 Å². The van der Waals surface area contributed by atoms with Gasteiger partial charge < -0.3 is 19.9 Å². The fourth-order valence-corrected chi connectivity index (χ4v) is 1.00. The van der Waals surface area contributed by atoms with E-state index in [-0.39, 0.29) is 6.04 Å². The Balaban J connectivity index is 3.40. The molecule has 0 fully saturated rings. The molecule has 0 aliphatic rings. The molecule has 0 saturated heterocycles. The molecule has 14 heavy (non-hydrogen) atoms. The standard InChI is InChI=1S/C10H23NO3/c1-4-12-10(13-5-2)14-8-6-7-9(3)11/h9-10H,4-8,11H2,1-3H3. The molecule has 0 spiro atoms. The highest BCUT2D eigenvalue weighted by molar-refractivity contribution is 4.51. The smallest absolute Gasteiger partial charge is 0.271 e. The van der Waals surface area contributed by atoms with Gasteiger partial charge in [-0.3, -0.25) is 0 Å². The molecule has 0 radical (unpaired) electrons. The molecule has 0 aromatic carbocycles. The Hall–Kier alpha value is -0.160. The van der Waals surface area contributed by atoms with Crippen molar-refractivity contribution in [1.82, 2.24) is 0 Å². The summed E-state index contributed by atoms with van der Waals surface area (Å²) in [5.74, 6) is 0. The van der Waals surface area contributed by atoms with Crippen LogP contribution in [0.4, 0.5) is 0 Å². The molecule has 1 unspecified atom stereocenters. The van der Waals surface area contributed by atoms with Crippen molar-refractivity contribution in [2.45, 2.75) is 46.1 Å². The van der Waals surface area contributed by atoms with Crippen molar-refractivity contribution in [3.05, 3.63) is 0 Å². The van der Waals surface area contributed by atoms with Crippen LogP contribution < -0.4 is 5.73 Å². The third-order valence-electron chi connectivity index (χ3n) is 1.66. The van der Waals surface area contributed by atoms with Gasteiger partial charge in [0.25, 0.3) is 6.48 Å². The lowest BCUT2D eigenvalue weighted by molar-refractivity contribution is -0.284. The molecule has 0 aliphatic heterocycles. The molecule has 4 heteroatoms. The molecule has 0 aromatic rings. The Morgan fingerprint density at radius 2 is 1.64 bits per heavy atom. The van der Waals surface area contributed by atoms with E-state index in [4.69, 9.17) is 19.9 Å². The van der Waals surface area contributed by atoms with E-state index in [2.05, 4.69) is 0 Å². The lowest BCUT2D eigenvalue weighted by Crippen LogP contribution is -2.22. The Morgan fingerprint density at radius 1 is 1.07 bits per heavy atom. The molecule has 0 heterocycles. The number of ether oxygens (including phenoxy) is 3. The van der Waals surface area contributed by atoms with Gasteiger partial charge in [0, 0.05) is 19.3 Å². The molecule has 2 N–H and O–H groups in total. The molecular weight excluding hydrogens is 182 g/mol. The van der Waals surface area contributed by atoms with Gasteiger partial charge in [-0.25, -0.2) is 0 Å². The van der Waals surface area contributed by atoms with E-state index in [1.165, 1.54) is 0 Å². The van der Waals surface area contributed by atoms with E-state index < -0.39 is 6.48 Å². The minimum absolute atomic E-state index is 0.233. The summed E-state index contributed by atoms with van der Waals surface area (Å²) < 4.78 is 15.8. The molecule has 4 nitrogen and oxygen atoms in total. The molecule has 0 aromatic heterocycles. The van der Waals surface area contributed by atoms with Crippen LogP contribution in [0.1, 0.15) is 33.6 Å². The summed E-state index contributed by atoms with van der Waals surface area (Å²) in [7, 11) is 0. The molecule has 0 amide bonds. The van der Waals surface area contributed by atoms with E-state index in [1.54, 1.807) is 0 Å². The Morgan fingerprint density at radius 3 is 2.07 bits per heavy atom. The summed E-state index contributed by atoms with van der Waals surface area (Å²) in [6.07, 6.45) is 1.90. The molecule has 0 saturated carbocycles. The first-order chi connectivity index (χ1) is 6.70. The summed E-state index contributed by atoms with van der Waals surface area (Å²) in [4.78, 5) is 0. The SMILES string of the molecule is CCOC(OCC)OCCCC(C)N. The van der Waals surface area contributed by atoms with E-state index >= 15 is 0 Å². The highest BCUT2D eigenvalue weighted by Crippen LogP contribution is 2.01. The normalized spacial score (nSPS) is 13.5. The second-order valence-corrected chi connectivity index (χ2v) is 3.19. The van der Waals surface area contributed by atoms with Crippen molar-refractivity contribution in [1.29, 1.82) is 0 Å². The lowest BCUT2D eigenvalue weighted by atomic mass is 10.2. The van der Waals surface area contributed by atoms with Gasteiger partial charge in [0.05, 0.1) is 6.61 Å². The van der Waals surface area contributed by atoms with Crippen molar-refractivity contribution >= 4 is 0 Å². The topological polar surface area (TPSA) is 53.7 Å². The fraction of sp³-hybridized carbons (Fsp3) is 1.00. The third kappa shape index (κ3) is 8.44. The second kappa shape index (κ2) is 9.40. The maximum Gasteiger partial charge on any atom is 0.271 e. The van der Waals surface area contributed by atoms with Crippen molar-refractivity contribution in [2.75, 3.05) is 19.8 Å². The Labute approximate surface area is 86.7 Å². The van der Waals surface area contributed by atoms with E-state index in [9.17, 15) is 0 Å². The fourth-order valence-electron chi connectivity index (χ4n) is 1.00. The largest absolute Gasteiger partial charge is 0.330 e. The molecule has 0 bridgehead atoms. The minimum Gasteiger partial charge on any atom is -0.330 e. The Bertz CT molecular complexity index is 114. The van der Waals surface area contributed by atoms with Crippen LogP contribution in [0.2, 0.25) is 0 Å². The first-order valence-corrected chi connectivity index (χ1v) is 5.31. The van der Waals surface area contributed by atoms with Crippen molar-refractivity contribution in [2.24, 2.45) is 5.73 Å². The van der Waals surface area contributed by atoms with Gasteiger partial charge in [0.15, 0.2) is 0 Å². The summed E-state index contributed by atoms with van der Waals surface area (Å²) in [6.45, 7) is 7.12. The average molecular weight is 205 g/mol. The van der Waals surface area contributed by atoms with Crippen LogP contribution in [0.25, 0.3) is 0 Å². The van der Waals surface area contributed by atoms with Gasteiger partial charge in [-0.1, -0.05) is 0 Å². The third-order valence-corrected chi connectivity index (χ3v) is 1.66. The summed E-state index contributed by atoms with van der Waals surface area (Å²) in [5.41, 5.74) is 5.61. The van der Waals surface area contributed by atoms with Crippen LogP contribution in [0.5, 0.6) is 0 Å².